The number of thiophene rings is 1. The molecule has 2 nitrogen and oxygen atoms in total. The van der Waals surface area contributed by atoms with Gasteiger partial charge in [0.1, 0.15) is 15.8 Å². The van der Waals surface area contributed by atoms with Crippen LogP contribution in [0.3, 0.4) is 0 Å². The maximum atomic E-state index is 13.8. The molecule has 3 rings (SSSR count). The summed E-state index contributed by atoms with van der Waals surface area (Å²) in [7, 11) is 0. The molecule has 0 amide bonds. The largest absolute Gasteiger partial charge is 0.217 e. The van der Waals surface area contributed by atoms with E-state index in [0.29, 0.717) is 16.5 Å². The van der Waals surface area contributed by atoms with Gasteiger partial charge in [0.05, 0.1) is 10.9 Å². The third-order valence-corrected chi connectivity index (χ3v) is 4.47. The van der Waals surface area contributed by atoms with Crippen LogP contribution < -0.4 is 0 Å². The molecule has 2 aromatic heterocycles. The number of aromatic nitrogens is 2. The fourth-order valence-electron chi connectivity index (χ4n) is 1.96. The van der Waals surface area contributed by atoms with Gasteiger partial charge in [-0.2, -0.15) is 0 Å². The topological polar surface area (TPSA) is 25.8 Å². The Balaban J connectivity index is 2.30. The summed E-state index contributed by atoms with van der Waals surface area (Å²) < 4.78 is 13.8. The summed E-state index contributed by atoms with van der Waals surface area (Å²) in [4.78, 5) is 10.6. The van der Waals surface area contributed by atoms with Crippen molar-refractivity contribution in [1.82, 2.24) is 9.97 Å². The maximum Gasteiger partial charge on any atom is 0.165 e. The molecule has 0 aliphatic rings. The zero-order valence-electron chi connectivity index (χ0n) is 10.4. The summed E-state index contributed by atoms with van der Waals surface area (Å²) in [6.45, 7) is 4.01. The second-order valence-corrected chi connectivity index (χ2v) is 5.84. The second kappa shape index (κ2) is 4.54. The van der Waals surface area contributed by atoms with E-state index in [1.807, 2.05) is 13.8 Å². The molecule has 0 atom stereocenters. The van der Waals surface area contributed by atoms with Crippen LogP contribution in [0.15, 0.2) is 24.3 Å². The lowest BCUT2D eigenvalue weighted by atomic mass is 10.2. The van der Waals surface area contributed by atoms with E-state index in [2.05, 4.69) is 9.97 Å². The lowest BCUT2D eigenvalue weighted by Gasteiger charge is -2.03. The van der Waals surface area contributed by atoms with Gasteiger partial charge in [-0.3, -0.25) is 0 Å². The van der Waals surface area contributed by atoms with Crippen LogP contribution in [0.4, 0.5) is 4.39 Å². The van der Waals surface area contributed by atoms with E-state index < -0.39 is 0 Å². The average Bonchev–Trinajstić information content (AvgIpc) is 2.66. The van der Waals surface area contributed by atoms with Crippen molar-refractivity contribution in [3.05, 3.63) is 45.7 Å². The molecule has 0 fully saturated rings. The molecule has 5 heteroatoms. The minimum Gasteiger partial charge on any atom is -0.217 e. The van der Waals surface area contributed by atoms with Gasteiger partial charge in [0.15, 0.2) is 5.82 Å². The average molecular weight is 293 g/mol. The predicted octanol–water partition coefficient (Wildman–Crippen LogP) is 4.77. The van der Waals surface area contributed by atoms with Gasteiger partial charge < -0.3 is 0 Å². The Morgan fingerprint density at radius 1 is 1.16 bits per heavy atom. The molecular weight excluding hydrogens is 283 g/mol. The quantitative estimate of drug-likeness (QED) is 0.604. The standard InChI is InChI=1S/C14H10ClFN2S/c1-7-8(2)19-14-11(7)12(15)17-13(18-14)9-5-3-4-6-10(9)16/h3-6H,1-2H3. The smallest absolute Gasteiger partial charge is 0.165 e. The third kappa shape index (κ3) is 2.01. The van der Waals surface area contributed by atoms with Gasteiger partial charge in [-0.25, -0.2) is 14.4 Å². The van der Waals surface area contributed by atoms with Gasteiger partial charge in [0.25, 0.3) is 0 Å². The van der Waals surface area contributed by atoms with Crippen molar-refractivity contribution >= 4 is 33.2 Å². The van der Waals surface area contributed by atoms with Gasteiger partial charge in [-0.05, 0) is 31.5 Å². The number of halogens is 2. The minimum absolute atomic E-state index is 0.330. The first-order chi connectivity index (χ1) is 9.08. The van der Waals surface area contributed by atoms with E-state index in [0.717, 1.165) is 20.7 Å². The predicted molar refractivity (Wildman–Crippen MR) is 77.3 cm³/mol. The van der Waals surface area contributed by atoms with E-state index in [1.165, 1.54) is 6.07 Å². The van der Waals surface area contributed by atoms with Crippen molar-refractivity contribution in [2.75, 3.05) is 0 Å². The molecule has 0 spiro atoms. The van der Waals surface area contributed by atoms with Crippen molar-refractivity contribution in [3.63, 3.8) is 0 Å². The number of hydrogen-bond acceptors (Lipinski definition) is 3. The van der Waals surface area contributed by atoms with Crippen LogP contribution in [0.25, 0.3) is 21.6 Å². The molecule has 0 aliphatic carbocycles. The van der Waals surface area contributed by atoms with Crippen LogP contribution in [-0.2, 0) is 0 Å². The van der Waals surface area contributed by atoms with E-state index >= 15 is 0 Å². The van der Waals surface area contributed by atoms with Crippen LogP contribution >= 0.6 is 22.9 Å². The molecule has 0 N–H and O–H groups in total. The Morgan fingerprint density at radius 3 is 2.63 bits per heavy atom. The highest BCUT2D eigenvalue weighted by Gasteiger charge is 2.15. The third-order valence-electron chi connectivity index (χ3n) is 3.10. The molecule has 96 valence electrons. The SMILES string of the molecule is Cc1sc2nc(-c3ccccc3F)nc(Cl)c2c1C. The first-order valence-corrected chi connectivity index (χ1v) is 6.95. The maximum absolute atomic E-state index is 13.8. The van der Waals surface area contributed by atoms with Crippen LogP contribution in [0.2, 0.25) is 5.15 Å². The molecular formula is C14H10ClFN2S. The van der Waals surface area contributed by atoms with Crippen LogP contribution in [-0.4, -0.2) is 9.97 Å². The Morgan fingerprint density at radius 2 is 1.89 bits per heavy atom. The van der Waals surface area contributed by atoms with Gasteiger partial charge in [0, 0.05) is 4.88 Å². The highest BCUT2D eigenvalue weighted by Crippen LogP contribution is 2.34. The Hall–Kier alpha value is -1.52. The highest BCUT2D eigenvalue weighted by atomic mass is 35.5. The first-order valence-electron chi connectivity index (χ1n) is 5.76. The number of rotatable bonds is 1. The number of benzene rings is 1. The number of fused-ring (bicyclic) bond motifs is 1. The lowest BCUT2D eigenvalue weighted by Crippen LogP contribution is -1.92. The molecule has 0 unspecified atom stereocenters. The van der Waals surface area contributed by atoms with Crippen molar-refractivity contribution in [3.8, 4) is 11.4 Å². The van der Waals surface area contributed by atoms with Crippen LogP contribution in [0.1, 0.15) is 10.4 Å². The number of nitrogens with zero attached hydrogens (tertiary/aromatic N) is 2. The minimum atomic E-state index is -0.345. The summed E-state index contributed by atoms with van der Waals surface area (Å²) in [6, 6.07) is 6.44. The number of hydrogen-bond donors (Lipinski definition) is 0. The van der Waals surface area contributed by atoms with Gasteiger partial charge in [0.2, 0.25) is 0 Å². The summed E-state index contributed by atoms with van der Waals surface area (Å²) in [5.74, 6) is -0.0141. The Kier molecular flexibility index (Phi) is 2.99. The van der Waals surface area contributed by atoms with Crippen LogP contribution in [0, 0.1) is 19.7 Å². The summed E-state index contributed by atoms with van der Waals surface area (Å²) in [5.41, 5.74) is 1.46. The fraction of sp³-hybridized carbons (Fsp3) is 0.143. The summed E-state index contributed by atoms with van der Waals surface area (Å²) in [5, 5.41) is 1.24. The normalized spacial score (nSPS) is 11.2. The highest BCUT2D eigenvalue weighted by molar-refractivity contribution is 7.18. The van der Waals surface area contributed by atoms with Crippen molar-refractivity contribution in [2.24, 2.45) is 0 Å². The van der Waals surface area contributed by atoms with Crippen molar-refractivity contribution in [1.29, 1.82) is 0 Å². The molecule has 2 heterocycles. The first kappa shape index (κ1) is 12.5. The molecule has 0 radical (unpaired) electrons. The molecule has 19 heavy (non-hydrogen) atoms. The molecule has 0 bridgehead atoms. The Labute approximate surface area is 118 Å². The summed E-state index contributed by atoms with van der Waals surface area (Å²) >= 11 is 7.77. The van der Waals surface area contributed by atoms with Crippen molar-refractivity contribution in [2.45, 2.75) is 13.8 Å². The Bertz CT molecular complexity index is 782. The van der Waals surface area contributed by atoms with Gasteiger partial charge >= 0.3 is 0 Å². The zero-order chi connectivity index (χ0) is 13.6. The van der Waals surface area contributed by atoms with Crippen LogP contribution in [0.5, 0.6) is 0 Å². The monoisotopic (exact) mass is 292 g/mol. The van der Waals surface area contributed by atoms with E-state index in [4.69, 9.17) is 11.6 Å². The van der Waals surface area contributed by atoms with E-state index in [9.17, 15) is 4.39 Å². The second-order valence-electron chi connectivity index (χ2n) is 4.28. The van der Waals surface area contributed by atoms with Gasteiger partial charge in [-0.15, -0.1) is 11.3 Å². The van der Waals surface area contributed by atoms with Gasteiger partial charge in [-0.1, -0.05) is 23.7 Å². The van der Waals surface area contributed by atoms with Crippen molar-refractivity contribution < 1.29 is 4.39 Å². The lowest BCUT2D eigenvalue weighted by molar-refractivity contribution is 0.630. The molecule has 0 aliphatic heterocycles. The molecule has 3 aromatic rings. The fourth-order valence-corrected chi connectivity index (χ4v) is 3.36. The zero-order valence-corrected chi connectivity index (χ0v) is 11.9. The molecule has 0 saturated carbocycles. The molecule has 1 aromatic carbocycles. The van der Waals surface area contributed by atoms with E-state index in [1.54, 1.807) is 29.5 Å². The number of aryl methyl sites for hydroxylation is 2. The van der Waals surface area contributed by atoms with E-state index in [-0.39, 0.29) is 5.82 Å². The summed E-state index contributed by atoms with van der Waals surface area (Å²) in [6.07, 6.45) is 0. The molecule has 0 saturated heterocycles.